The van der Waals surface area contributed by atoms with E-state index in [0.29, 0.717) is 23.4 Å². The van der Waals surface area contributed by atoms with Crippen molar-refractivity contribution in [1.29, 1.82) is 0 Å². The molecule has 10 heteroatoms. The molecule has 0 heterocycles. The van der Waals surface area contributed by atoms with Crippen LogP contribution in [-0.4, -0.2) is 51.6 Å². The summed E-state index contributed by atoms with van der Waals surface area (Å²) in [5.41, 5.74) is 2.11. The van der Waals surface area contributed by atoms with Crippen molar-refractivity contribution in [3.05, 3.63) is 53.6 Å². The number of aryl methyl sites for hydroxylation is 1. The number of methoxy groups -OCH3 is 1. The second-order valence-corrected chi connectivity index (χ2v) is 9.69. The third-order valence-corrected chi connectivity index (χ3v) is 5.51. The van der Waals surface area contributed by atoms with E-state index in [0.717, 1.165) is 11.8 Å². The van der Waals surface area contributed by atoms with Crippen LogP contribution in [0.5, 0.6) is 5.75 Å². The molecule has 0 aliphatic rings. The molecule has 31 heavy (non-hydrogen) atoms. The summed E-state index contributed by atoms with van der Waals surface area (Å²) in [5.74, 6) is 0.246. The fourth-order valence-corrected chi connectivity index (χ4v) is 3.85. The Kier molecular flexibility index (Phi) is 8.76. The first-order valence-electron chi connectivity index (χ1n) is 9.46. The molecule has 1 unspecified atom stereocenters. The first-order chi connectivity index (χ1) is 14.6. The summed E-state index contributed by atoms with van der Waals surface area (Å²) < 4.78 is 30.5. The Balaban J connectivity index is 2.17. The number of carbonyl (C=O) groups excluding carboxylic acids is 2. The number of thioether (sulfide) groups is 1. The lowest BCUT2D eigenvalue weighted by atomic mass is 10.1. The average Bonchev–Trinajstić information content (AvgIpc) is 2.70. The van der Waals surface area contributed by atoms with E-state index in [4.69, 9.17) is 4.74 Å². The van der Waals surface area contributed by atoms with E-state index in [-0.39, 0.29) is 23.3 Å². The topological polar surface area (TPSA) is 114 Å². The van der Waals surface area contributed by atoms with E-state index < -0.39 is 16.1 Å². The predicted octanol–water partition coefficient (Wildman–Crippen LogP) is 2.87. The van der Waals surface area contributed by atoms with Gasteiger partial charge in [0.25, 0.3) is 5.91 Å². The summed E-state index contributed by atoms with van der Waals surface area (Å²) in [7, 11) is -2.08. The van der Waals surface area contributed by atoms with Crippen molar-refractivity contribution < 1.29 is 22.7 Å². The van der Waals surface area contributed by atoms with Crippen molar-refractivity contribution >= 4 is 45.0 Å². The molecule has 2 aromatic carbocycles. The zero-order valence-corrected chi connectivity index (χ0v) is 19.5. The Morgan fingerprint density at radius 2 is 1.90 bits per heavy atom. The summed E-state index contributed by atoms with van der Waals surface area (Å²) >= 11 is 1.58. The monoisotopic (exact) mass is 465 g/mol. The number of sulfonamides is 1. The number of benzene rings is 2. The van der Waals surface area contributed by atoms with Crippen molar-refractivity contribution in [2.45, 2.75) is 19.4 Å². The van der Waals surface area contributed by atoms with Crippen LogP contribution in [0.2, 0.25) is 0 Å². The maximum absolute atomic E-state index is 12.9. The van der Waals surface area contributed by atoms with Crippen molar-refractivity contribution in [2.24, 2.45) is 0 Å². The van der Waals surface area contributed by atoms with Crippen LogP contribution < -0.4 is 20.1 Å². The fraction of sp³-hybridized carbons (Fsp3) is 0.333. The third-order valence-electron chi connectivity index (χ3n) is 4.28. The molecule has 2 rings (SSSR count). The Morgan fingerprint density at radius 3 is 2.52 bits per heavy atom. The number of carbonyl (C=O) groups is 2. The molecule has 0 spiro atoms. The van der Waals surface area contributed by atoms with E-state index in [1.165, 1.54) is 19.2 Å². The normalized spacial score (nSPS) is 12.0. The lowest BCUT2D eigenvalue weighted by molar-refractivity contribution is -0.118. The van der Waals surface area contributed by atoms with Gasteiger partial charge in [0, 0.05) is 17.3 Å². The van der Waals surface area contributed by atoms with Crippen LogP contribution in [0.15, 0.2) is 42.5 Å². The van der Waals surface area contributed by atoms with Crippen molar-refractivity contribution in [2.75, 3.05) is 35.4 Å². The van der Waals surface area contributed by atoms with Gasteiger partial charge in [-0.3, -0.25) is 14.3 Å². The molecular weight excluding hydrogens is 438 g/mol. The van der Waals surface area contributed by atoms with Gasteiger partial charge in [-0.15, -0.1) is 0 Å². The number of rotatable bonds is 10. The largest absolute Gasteiger partial charge is 0.494 e. The lowest BCUT2D eigenvalue weighted by Gasteiger charge is -2.19. The van der Waals surface area contributed by atoms with Gasteiger partial charge in [0.2, 0.25) is 15.9 Å². The first-order valence-corrected chi connectivity index (χ1v) is 12.7. The zero-order chi connectivity index (χ0) is 23.0. The van der Waals surface area contributed by atoms with Crippen LogP contribution in [0.1, 0.15) is 22.3 Å². The Hall–Kier alpha value is -2.72. The van der Waals surface area contributed by atoms with Gasteiger partial charge in [0.05, 0.1) is 19.1 Å². The smallest absolute Gasteiger partial charge is 0.251 e. The highest BCUT2D eigenvalue weighted by Crippen LogP contribution is 2.28. The minimum Gasteiger partial charge on any atom is -0.494 e. The molecule has 1 atom stereocenters. The van der Waals surface area contributed by atoms with E-state index in [1.54, 1.807) is 36.0 Å². The van der Waals surface area contributed by atoms with Gasteiger partial charge in [-0.05, 0) is 49.6 Å². The number of hydrogen-bond donors (Lipinski definition) is 3. The number of amides is 2. The molecule has 2 aromatic rings. The molecule has 3 N–H and O–H groups in total. The van der Waals surface area contributed by atoms with E-state index in [9.17, 15) is 18.0 Å². The Morgan fingerprint density at radius 1 is 1.16 bits per heavy atom. The molecule has 0 radical (unpaired) electrons. The minimum absolute atomic E-state index is 0.257. The fourth-order valence-electron chi connectivity index (χ4n) is 2.81. The van der Waals surface area contributed by atoms with Gasteiger partial charge >= 0.3 is 0 Å². The average molecular weight is 466 g/mol. The summed E-state index contributed by atoms with van der Waals surface area (Å²) in [6.45, 7) is 1.89. The second kappa shape index (κ2) is 11.1. The zero-order valence-electron chi connectivity index (χ0n) is 17.9. The van der Waals surface area contributed by atoms with Crippen LogP contribution in [0.4, 0.5) is 11.4 Å². The Bertz CT molecular complexity index is 1040. The maximum atomic E-state index is 12.9. The van der Waals surface area contributed by atoms with E-state index in [2.05, 4.69) is 15.4 Å². The van der Waals surface area contributed by atoms with Crippen molar-refractivity contribution in [3.63, 3.8) is 0 Å². The quantitative estimate of drug-likeness (QED) is 0.497. The van der Waals surface area contributed by atoms with Gasteiger partial charge in [-0.25, -0.2) is 8.42 Å². The summed E-state index contributed by atoms with van der Waals surface area (Å²) in [6.07, 6.45) is 3.42. The predicted molar refractivity (Wildman–Crippen MR) is 126 cm³/mol. The minimum atomic E-state index is -3.48. The lowest BCUT2D eigenvalue weighted by Crippen LogP contribution is -2.44. The molecule has 0 fully saturated rings. The maximum Gasteiger partial charge on any atom is 0.251 e. The van der Waals surface area contributed by atoms with Gasteiger partial charge in [-0.1, -0.05) is 17.7 Å². The molecule has 0 bridgehead atoms. The summed E-state index contributed by atoms with van der Waals surface area (Å²) in [4.78, 5) is 25.5. The van der Waals surface area contributed by atoms with Gasteiger partial charge in [-0.2, -0.15) is 11.8 Å². The highest BCUT2D eigenvalue weighted by Gasteiger charge is 2.22. The number of nitrogens with one attached hydrogen (secondary N) is 3. The molecule has 8 nitrogen and oxygen atoms in total. The molecule has 0 aromatic heterocycles. The highest BCUT2D eigenvalue weighted by molar-refractivity contribution is 7.98. The standard InChI is InChI=1S/C21H27N3O5S2/c1-14-6-5-7-15(12-14)20(25)23-18(10-11-30-3)21(26)22-16-8-9-17(19(13-16)29-2)24-31(4,27)28/h5-9,12-13,18,24H,10-11H2,1-4H3,(H,22,26)(H,23,25). The highest BCUT2D eigenvalue weighted by atomic mass is 32.2. The van der Waals surface area contributed by atoms with Crippen LogP contribution in [-0.2, 0) is 14.8 Å². The number of hydrogen-bond acceptors (Lipinski definition) is 6. The van der Waals surface area contributed by atoms with Crippen LogP contribution in [0, 0.1) is 6.92 Å². The Labute approximate surface area is 187 Å². The molecule has 2 amide bonds. The molecule has 0 aliphatic heterocycles. The van der Waals surface area contributed by atoms with Crippen LogP contribution in [0.3, 0.4) is 0 Å². The first kappa shape index (κ1) is 24.5. The van der Waals surface area contributed by atoms with Gasteiger partial charge in [0.15, 0.2) is 0 Å². The third kappa shape index (κ3) is 7.80. The van der Waals surface area contributed by atoms with E-state index >= 15 is 0 Å². The van der Waals surface area contributed by atoms with Gasteiger partial charge < -0.3 is 15.4 Å². The molecular formula is C21H27N3O5S2. The van der Waals surface area contributed by atoms with Crippen molar-refractivity contribution in [1.82, 2.24) is 5.32 Å². The summed E-state index contributed by atoms with van der Waals surface area (Å²) in [6, 6.07) is 11.0. The molecule has 0 saturated heterocycles. The molecule has 0 aliphatic carbocycles. The summed E-state index contributed by atoms with van der Waals surface area (Å²) in [5, 5.41) is 5.56. The van der Waals surface area contributed by atoms with E-state index in [1.807, 2.05) is 19.2 Å². The number of anilines is 2. The molecule has 168 valence electrons. The second-order valence-electron chi connectivity index (χ2n) is 6.96. The number of ether oxygens (including phenoxy) is 1. The molecule has 0 saturated carbocycles. The van der Waals surface area contributed by atoms with Crippen LogP contribution in [0.25, 0.3) is 0 Å². The van der Waals surface area contributed by atoms with Crippen LogP contribution >= 0.6 is 11.8 Å². The van der Waals surface area contributed by atoms with Crippen molar-refractivity contribution in [3.8, 4) is 5.75 Å². The SMILES string of the molecule is COc1cc(NC(=O)C(CCSC)NC(=O)c2cccc(C)c2)ccc1NS(C)(=O)=O. The van der Waals surface area contributed by atoms with Gasteiger partial charge in [0.1, 0.15) is 11.8 Å².